The van der Waals surface area contributed by atoms with Gasteiger partial charge in [0.1, 0.15) is 11.6 Å². The first-order chi connectivity index (χ1) is 18.7. The molecule has 0 bridgehead atoms. The second kappa shape index (κ2) is 9.40. The first-order valence-electron chi connectivity index (χ1n) is 11.1. The largest absolute Gasteiger partial charge is 0.420 e. The quantitative estimate of drug-likeness (QED) is 0.305. The Morgan fingerprint density at radius 3 is 2.40 bits per heavy atom. The summed E-state index contributed by atoms with van der Waals surface area (Å²) in [6.07, 6.45) is -8.43. The highest BCUT2D eigenvalue weighted by Crippen LogP contribution is 2.48. The topological polar surface area (TPSA) is 107 Å². The number of aromatic nitrogens is 1. The van der Waals surface area contributed by atoms with E-state index in [0.29, 0.717) is 10.6 Å². The van der Waals surface area contributed by atoms with Gasteiger partial charge in [0.2, 0.25) is 5.91 Å². The minimum Gasteiger partial charge on any atom is -0.407 e. The van der Waals surface area contributed by atoms with E-state index in [1.54, 1.807) is 0 Å². The van der Waals surface area contributed by atoms with Crippen LogP contribution in [0.15, 0.2) is 45.6 Å². The van der Waals surface area contributed by atoms with E-state index in [1.165, 1.54) is 0 Å². The number of rotatable bonds is 5. The Labute approximate surface area is 222 Å². The van der Waals surface area contributed by atoms with Crippen LogP contribution in [0.2, 0.25) is 5.02 Å². The third-order valence-corrected chi connectivity index (χ3v) is 6.67. The molecule has 0 radical (unpaired) electrons. The summed E-state index contributed by atoms with van der Waals surface area (Å²) in [5, 5.41) is 2.28. The van der Waals surface area contributed by atoms with Gasteiger partial charge in [-0.15, -0.1) is 0 Å². The lowest BCUT2D eigenvalue weighted by Crippen LogP contribution is -2.21. The Morgan fingerprint density at radius 2 is 1.77 bits per heavy atom. The number of carbonyl (C=O) groups excluding carboxylic acids is 2. The number of benzene rings is 3. The van der Waals surface area contributed by atoms with Gasteiger partial charge in [-0.05, 0) is 42.0 Å². The monoisotopic (exact) mass is 587 g/mol. The third kappa shape index (κ3) is 4.37. The fourth-order valence-corrected chi connectivity index (χ4v) is 5.04. The van der Waals surface area contributed by atoms with E-state index >= 15 is 0 Å². The van der Waals surface area contributed by atoms with E-state index in [0.717, 1.165) is 24.3 Å². The fraction of sp³-hybridized carbons (Fsp3) is 0.160. The summed E-state index contributed by atoms with van der Waals surface area (Å²) in [7, 11) is 0. The number of oxazole rings is 1. The van der Waals surface area contributed by atoms with Crippen molar-refractivity contribution in [3.63, 3.8) is 0 Å². The molecule has 1 aliphatic rings. The van der Waals surface area contributed by atoms with Gasteiger partial charge in [0.05, 0.1) is 34.8 Å². The van der Waals surface area contributed by atoms with Crippen molar-refractivity contribution in [1.82, 2.24) is 9.88 Å². The van der Waals surface area contributed by atoms with Crippen LogP contribution in [-0.4, -0.2) is 22.8 Å². The van der Waals surface area contributed by atoms with Crippen molar-refractivity contribution < 1.29 is 44.7 Å². The van der Waals surface area contributed by atoms with Gasteiger partial charge in [-0.2, -0.15) is 13.2 Å². The Hall–Kier alpha value is -4.33. The fourth-order valence-electron chi connectivity index (χ4n) is 4.81. The SMILES string of the molecule is NC(=O)c1cc(F)cc(C(F)(F)F)c1-c1cc2c(oc(=O)n2CC(F)F)c2c1C(c1cc(F)ccc1Cl)NC2=O. The maximum atomic E-state index is 14.3. The van der Waals surface area contributed by atoms with Crippen molar-refractivity contribution in [3.8, 4) is 11.1 Å². The molecule has 208 valence electrons. The summed E-state index contributed by atoms with van der Waals surface area (Å²) in [5.41, 5.74) is -1.13. The van der Waals surface area contributed by atoms with Crippen molar-refractivity contribution in [2.75, 3.05) is 0 Å². The molecular formula is C25H13ClF7N3O4. The zero-order chi connectivity index (χ0) is 29.3. The minimum absolute atomic E-state index is 0.0777. The molecule has 4 aromatic rings. The summed E-state index contributed by atoms with van der Waals surface area (Å²) in [6.45, 7) is -1.26. The molecule has 0 saturated carbocycles. The number of carbonyl (C=O) groups is 2. The third-order valence-electron chi connectivity index (χ3n) is 6.32. The Bertz CT molecular complexity index is 1800. The molecule has 40 heavy (non-hydrogen) atoms. The van der Waals surface area contributed by atoms with Crippen LogP contribution in [0.1, 0.15) is 43.4 Å². The van der Waals surface area contributed by atoms with Gasteiger partial charge in [-0.3, -0.25) is 14.2 Å². The van der Waals surface area contributed by atoms with Crippen LogP contribution < -0.4 is 16.8 Å². The summed E-state index contributed by atoms with van der Waals surface area (Å²) >= 11 is 6.22. The van der Waals surface area contributed by atoms with Gasteiger partial charge in [0, 0.05) is 21.7 Å². The van der Waals surface area contributed by atoms with Crippen LogP contribution in [0.5, 0.6) is 0 Å². The highest BCUT2D eigenvalue weighted by molar-refractivity contribution is 6.31. The first kappa shape index (κ1) is 27.2. The van der Waals surface area contributed by atoms with Gasteiger partial charge in [0.15, 0.2) is 5.58 Å². The molecule has 1 unspecified atom stereocenters. The molecular weight excluding hydrogens is 575 g/mol. The van der Waals surface area contributed by atoms with Crippen molar-refractivity contribution in [3.05, 3.63) is 91.4 Å². The normalized spacial score (nSPS) is 15.1. The van der Waals surface area contributed by atoms with E-state index in [1.807, 2.05) is 0 Å². The molecule has 0 saturated heterocycles. The molecule has 1 aromatic heterocycles. The maximum absolute atomic E-state index is 14.3. The lowest BCUT2D eigenvalue weighted by Gasteiger charge is -2.22. The van der Waals surface area contributed by atoms with Gasteiger partial charge in [-0.25, -0.2) is 22.4 Å². The van der Waals surface area contributed by atoms with Crippen molar-refractivity contribution in [1.29, 1.82) is 0 Å². The molecule has 1 atom stereocenters. The van der Waals surface area contributed by atoms with E-state index in [-0.39, 0.29) is 22.2 Å². The van der Waals surface area contributed by atoms with Crippen molar-refractivity contribution >= 4 is 34.5 Å². The molecule has 2 heterocycles. The molecule has 0 spiro atoms. The van der Waals surface area contributed by atoms with Crippen molar-refractivity contribution in [2.24, 2.45) is 5.73 Å². The minimum atomic E-state index is -5.30. The number of nitrogens with zero attached hydrogens (tertiary/aromatic N) is 1. The highest BCUT2D eigenvalue weighted by Gasteiger charge is 2.42. The predicted octanol–water partition coefficient (Wildman–Crippen LogP) is 5.41. The second-order valence-electron chi connectivity index (χ2n) is 8.74. The Morgan fingerprint density at radius 1 is 1.07 bits per heavy atom. The molecule has 5 rings (SSSR count). The number of primary amides is 1. The van der Waals surface area contributed by atoms with Crippen LogP contribution in [0.25, 0.3) is 22.2 Å². The molecule has 3 N–H and O–H groups in total. The van der Waals surface area contributed by atoms with E-state index in [9.17, 15) is 45.1 Å². The smallest absolute Gasteiger partial charge is 0.407 e. The standard InChI is InChI=1S/C25H13ClF7N3O4/c26-14-2-1-8(27)3-10(14)20-18-11(17-12(22(34)37)4-9(28)5-13(17)25(31,32)33)6-15-21(19(18)23(38)35-20)40-24(39)36(15)7-16(29)30/h1-6,16,20H,7H2,(H2,34,37)(H,35,38). The van der Waals surface area contributed by atoms with Crippen LogP contribution in [0.3, 0.4) is 0 Å². The van der Waals surface area contributed by atoms with Gasteiger partial charge in [-0.1, -0.05) is 11.6 Å². The second-order valence-corrected chi connectivity index (χ2v) is 9.15. The lowest BCUT2D eigenvalue weighted by molar-refractivity contribution is -0.137. The maximum Gasteiger partial charge on any atom is 0.420 e. The lowest BCUT2D eigenvalue weighted by atomic mass is 9.85. The number of nitrogens with one attached hydrogen (secondary N) is 1. The highest BCUT2D eigenvalue weighted by atomic mass is 35.5. The average molecular weight is 588 g/mol. The van der Waals surface area contributed by atoms with Gasteiger partial charge < -0.3 is 15.5 Å². The summed E-state index contributed by atoms with van der Waals surface area (Å²) in [5.74, 6) is -6.21. The number of hydrogen-bond donors (Lipinski definition) is 2. The van der Waals surface area contributed by atoms with Crippen LogP contribution in [0, 0.1) is 11.6 Å². The van der Waals surface area contributed by atoms with E-state index in [2.05, 4.69) is 5.32 Å². The molecule has 2 amide bonds. The van der Waals surface area contributed by atoms with Gasteiger partial charge >= 0.3 is 11.9 Å². The molecule has 3 aromatic carbocycles. The predicted molar refractivity (Wildman–Crippen MR) is 126 cm³/mol. The van der Waals surface area contributed by atoms with Crippen LogP contribution in [-0.2, 0) is 12.7 Å². The van der Waals surface area contributed by atoms with E-state index < -0.39 is 93.3 Å². The van der Waals surface area contributed by atoms with Crippen LogP contribution in [0.4, 0.5) is 30.7 Å². The number of hydrogen-bond acceptors (Lipinski definition) is 4. The average Bonchev–Trinajstić information content (AvgIpc) is 3.35. The summed E-state index contributed by atoms with van der Waals surface area (Å²) in [6, 6.07) is 2.82. The zero-order valence-electron chi connectivity index (χ0n) is 19.5. The number of nitrogens with two attached hydrogens (primary N) is 1. The molecule has 7 nitrogen and oxygen atoms in total. The summed E-state index contributed by atoms with van der Waals surface area (Å²) < 4.78 is 103. The number of halogens is 8. The molecule has 15 heteroatoms. The van der Waals surface area contributed by atoms with E-state index in [4.69, 9.17) is 21.8 Å². The van der Waals surface area contributed by atoms with Crippen molar-refractivity contribution in [2.45, 2.75) is 25.2 Å². The Kier molecular flexibility index (Phi) is 6.40. The molecule has 1 aliphatic heterocycles. The first-order valence-corrected chi connectivity index (χ1v) is 11.5. The Balaban J connectivity index is 2.01. The zero-order valence-corrected chi connectivity index (χ0v) is 20.3. The number of fused-ring (bicyclic) bond motifs is 3. The van der Waals surface area contributed by atoms with Crippen LogP contribution >= 0.6 is 11.6 Å². The number of alkyl halides is 5. The number of amides is 2. The molecule has 0 fully saturated rings. The molecule has 0 aliphatic carbocycles. The van der Waals surface area contributed by atoms with Gasteiger partial charge in [0.25, 0.3) is 12.3 Å². The summed E-state index contributed by atoms with van der Waals surface area (Å²) in [4.78, 5) is 38.0.